The van der Waals surface area contributed by atoms with E-state index in [0.29, 0.717) is 0 Å². The monoisotopic (exact) mass is 365 g/mol. The summed E-state index contributed by atoms with van der Waals surface area (Å²) in [6.07, 6.45) is 0. The van der Waals surface area contributed by atoms with Gasteiger partial charge in [0.05, 0.1) is 11.2 Å². The Morgan fingerprint density at radius 3 is 2.19 bits per heavy atom. The van der Waals surface area contributed by atoms with E-state index < -0.39 is 0 Å². The molecule has 0 bridgehead atoms. The average molecular weight is 366 g/mol. The van der Waals surface area contributed by atoms with Crippen LogP contribution in [0.3, 0.4) is 0 Å². The van der Waals surface area contributed by atoms with Gasteiger partial charge in [-0.15, -0.1) is 0 Å². The minimum Gasteiger partial charge on any atom is -0.248 e. The van der Waals surface area contributed by atoms with Crippen molar-refractivity contribution >= 4 is 33.3 Å². The van der Waals surface area contributed by atoms with E-state index in [9.17, 15) is 0 Å². The molecule has 0 saturated carbocycles. The molecule has 0 fully saturated rings. The van der Waals surface area contributed by atoms with Crippen LogP contribution in [0, 0.1) is 0 Å². The molecule has 0 unspecified atom stereocenters. The summed E-state index contributed by atoms with van der Waals surface area (Å²) in [4.78, 5) is 4.97. The number of rotatable bonds is 2. The van der Waals surface area contributed by atoms with E-state index in [1.807, 2.05) is 30.3 Å². The number of halogens is 1. The lowest BCUT2D eigenvalue weighted by Crippen LogP contribution is -1.91. The number of fused-ring (bicyclic) bond motifs is 3. The van der Waals surface area contributed by atoms with Gasteiger partial charge in [-0.25, -0.2) is 4.98 Å². The fourth-order valence-electron chi connectivity index (χ4n) is 3.62. The molecule has 4 aromatic carbocycles. The van der Waals surface area contributed by atoms with Gasteiger partial charge in [-0.05, 0) is 46.2 Å². The predicted molar refractivity (Wildman–Crippen MR) is 115 cm³/mol. The van der Waals surface area contributed by atoms with Gasteiger partial charge in [-0.3, -0.25) is 0 Å². The molecular formula is C25H16ClN. The molecule has 0 N–H and O–H groups in total. The van der Waals surface area contributed by atoms with Crippen molar-refractivity contribution in [3.8, 4) is 22.4 Å². The minimum absolute atomic E-state index is 0.730. The number of benzene rings is 4. The van der Waals surface area contributed by atoms with E-state index in [2.05, 4.69) is 66.7 Å². The SMILES string of the molecule is Clc1ccc(-c2cc(-c3ccccc3)c3c(ccc4ccccc43)n2)cc1. The third-order valence-electron chi connectivity index (χ3n) is 4.92. The van der Waals surface area contributed by atoms with Gasteiger partial charge in [0.2, 0.25) is 0 Å². The fourth-order valence-corrected chi connectivity index (χ4v) is 3.75. The van der Waals surface area contributed by atoms with E-state index >= 15 is 0 Å². The molecule has 1 heterocycles. The Morgan fingerprint density at radius 2 is 1.37 bits per heavy atom. The average Bonchev–Trinajstić information content (AvgIpc) is 2.74. The second-order valence-corrected chi connectivity index (χ2v) is 7.05. The van der Waals surface area contributed by atoms with E-state index in [4.69, 9.17) is 16.6 Å². The quantitative estimate of drug-likeness (QED) is 0.297. The first-order valence-corrected chi connectivity index (χ1v) is 9.31. The molecule has 2 heteroatoms. The van der Waals surface area contributed by atoms with Crippen LogP contribution in [-0.2, 0) is 0 Å². The van der Waals surface area contributed by atoms with E-state index in [-0.39, 0.29) is 0 Å². The van der Waals surface area contributed by atoms with Crippen LogP contribution in [-0.4, -0.2) is 4.98 Å². The Bertz CT molecular complexity index is 1260. The zero-order chi connectivity index (χ0) is 18.2. The minimum atomic E-state index is 0.730. The maximum absolute atomic E-state index is 6.07. The number of nitrogens with zero attached hydrogens (tertiary/aromatic N) is 1. The Kier molecular flexibility index (Phi) is 3.88. The summed E-state index contributed by atoms with van der Waals surface area (Å²) in [5.41, 5.74) is 5.40. The molecule has 0 aliphatic rings. The second kappa shape index (κ2) is 6.53. The molecule has 0 radical (unpaired) electrons. The third kappa shape index (κ3) is 2.87. The fraction of sp³-hybridized carbons (Fsp3) is 0. The molecule has 27 heavy (non-hydrogen) atoms. The van der Waals surface area contributed by atoms with Crippen molar-refractivity contribution in [3.05, 3.63) is 102 Å². The Labute approximate surface area is 162 Å². The summed E-state index contributed by atoms with van der Waals surface area (Å²) in [5.74, 6) is 0. The van der Waals surface area contributed by atoms with Gasteiger partial charge in [0.25, 0.3) is 0 Å². The lowest BCUT2D eigenvalue weighted by Gasteiger charge is -2.13. The molecular weight excluding hydrogens is 350 g/mol. The van der Waals surface area contributed by atoms with Crippen molar-refractivity contribution in [1.29, 1.82) is 0 Å². The highest BCUT2D eigenvalue weighted by Crippen LogP contribution is 2.36. The maximum Gasteiger partial charge on any atom is 0.0722 e. The largest absolute Gasteiger partial charge is 0.248 e. The van der Waals surface area contributed by atoms with Gasteiger partial charge in [0, 0.05) is 16.0 Å². The summed E-state index contributed by atoms with van der Waals surface area (Å²) in [7, 11) is 0. The predicted octanol–water partition coefficient (Wildman–Crippen LogP) is 7.38. The van der Waals surface area contributed by atoms with Crippen molar-refractivity contribution in [2.45, 2.75) is 0 Å². The van der Waals surface area contributed by atoms with Crippen molar-refractivity contribution < 1.29 is 0 Å². The van der Waals surface area contributed by atoms with Crippen molar-refractivity contribution in [2.24, 2.45) is 0 Å². The van der Waals surface area contributed by atoms with Crippen molar-refractivity contribution in [2.75, 3.05) is 0 Å². The molecule has 0 amide bonds. The van der Waals surface area contributed by atoms with Crippen LogP contribution in [0.1, 0.15) is 0 Å². The van der Waals surface area contributed by atoms with Gasteiger partial charge in [-0.1, -0.05) is 84.4 Å². The summed E-state index contributed by atoms with van der Waals surface area (Å²) in [5, 5.41) is 4.37. The Balaban J connectivity index is 1.88. The van der Waals surface area contributed by atoms with Crippen LogP contribution in [0.4, 0.5) is 0 Å². The van der Waals surface area contributed by atoms with Crippen LogP contribution in [0.5, 0.6) is 0 Å². The first-order chi connectivity index (χ1) is 13.3. The molecule has 1 aromatic heterocycles. The molecule has 5 aromatic rings. The Morgan fingerprint density at radius 1 is 0.630 bits per heavy atom. The van der Waals surface area contributed by atoms with Gasteiger partial charge >= 0.3 is 0 Å². The first-order valence-electron chi connectivity index (χ1n) is 8.93. The molecule has 1 nitrogen and oxygen atoms in total. The van der Waals surface area contributed by atoms with E-state index in [1.54, 1.807) is 0 Å². The molecule has 128 valence electrons. The third-order valence-corrected chi connectivity index (χ3v) is 5.18. The second-order valence-electron chi connectivity index (χ2n) is 6.61. The number of aromatic nitrogens is 1. The van der Waals surface area contributed by atoms with Crippen LogP contribution in [0.25, 0.3) is 44.1 Å². The summed E-state index contributed by atoms with van der Waals surface area (Å²) in [6.45, 7) is 0. The van der Waals surface area contributed by atoms with Gasteiger partial charge < -0.3 is 0 Å². The summed E-state index contributed by atoms with van der Waals surface area (Å²) >= 11 is 6.07. The van der Waals surface area contributed by atoms with Crippen LogP contribution < -0.4 is 0 Å². The molecule has 0 saturated heterocycles. The number of hydrogen-bond acceptors (Lipinski definition) is 1. The molecule has 5 rings (SSSR count). The molecule has 0 aliphatic carbocycles. The maximum atomic E-state index is 6.07. The lowest BCUT2D eigenvalue weighted by molar-refractivity contribution is 1.40. The molecule has 0 aliphatic heterocycles. The van der Waals surface area contributed by atoms with Crippen molar-refractivity contribution in [1.82, 2.24) is 4.98 Å². The van der Waals surface area contributed by atoms with Crippen LogP contribution in [0.15, 0.2) is 97.1 Å². The normalized spacial score (nSPS) is 11.1. The van der Waals surface area contributed by atoms with Gasteiger partial charge in [0.15, 0.2) is 0 Å². The lowest BCUT2D eigenvalue weighted by atomic mass is 9.94. The zero-order valence-corrected chi connectivity index (χ0v) is 15.3. The number of pyridine rings is 1. The van der Waals surface area contributed by atoms with Crippen LogP contribution >= 0.6 is 11.6 Å². The molecule has 0 atom stereocenters. The number of hydrogen-bond donors (Lipinski definition) is 0. The van der Waals surface area contributed by atoms with E-state index in [0.717, 1.165) is 21.8 Å². The van der Waals surface area contributed by atoms with Crippen molar-refractivity contribution in [3.63, 3.8) is 0 Å². The van der Waals surface area contributed by atoms with Gasteiger partial charge in [-0.2, -0.15) is 0 Å². The van der Waals surface area contributed by atoms with Crippen LogP contribution in [0.2, 0.25) is 5.02 Å². The summed E-state index contributed by atoms with van der Waals surface area (Å²) in [6, 6.07) is 33.3. The van der Waals surface area contributed by atoms with E-state index in [1.165, 1.54) is 27.3 Å². The Hall–Kier alpha value is -3.16. The van der Waals surface area contributed by atoms with Gasteiger partial charge in [0.1, 0.15) is 0 Å². The highest BCUT2D eigenvalue weighted by Gasteiger charge is 2.12. The summed E-state index contributed by atoms with van der Waals surface area (Å²) < 4.78 is 0. The zero-order valence-electron chi connectivity index (χ0n) is 14.6. The topological polar surface area (TPSA) is 12.9 Å². The smallest absolute Gasteiger partial charge is 0.0722 e. The standard InChI is InChI=1S/C25H16ClN/c26-20-13-10-19(11-14-20)24-16-22(17-6-2-1-3-7-17)25-21-9-5-4-8-18(21)12-15-23(25)27-24/h1-16H. The highest BCUT2D eigenvalue weighted by atomic mass is 35.5. The first kappa shape index (κ1) is 16.0. The highest BCUT2D eigenvalue weighted by molar-refractivity contribution is 6.30. The molecule has 0 spiro atoms.